The molecule has 9 aromatic carbocycles. The molecule has 0 fully saturated rings. The lowest BCUT2D eigenvalue weighted by Gasteiger charge is -2.26. The van der Waals surface area contributed by atoms with Crippen molar-refractivity contribution in [1.82, 2.24) is 0 Å². The normalized spacial score (nSPS) is 14.1. The van der Waals surface area contributed by atoms with Crippen molar-refractivity contribution in [3.8, 4) is 55.6 Å². The molecule has 2 aliphatic carbocycles. The number of hydrogen-bond acceptors (Lipinski definition) is 2. The van der Waals surface area contributed by atoms with E-state index in [4.69, 9.17) is 4.42 Å². The van der Waals surface area contributed by atoms with Crippen LogP contribution in [0.15, 0.2) is 205 Å². The highest BCUT2D eigenvalue weighted by atomic mass is 16.3. The van der Waals surface area contributed by atoms with Gasteiger partial charge in [0, 0.05) is 38.7 Å². The summed E-state index contributed by atoms with van der Waals surface area (Å²) in [6.07, 6.45) is 0. The van der Waals surface area contributed by atoms with Crippen LogP contribution < -0.4 is 4.90 Å². The molecule has 0 N–H and O–H groups in total. The number of furan rings is 1. The average molecular weight is 796 g/mol. The van der Waals surface area contributed by atoms with Crippen LogP contribution in [0.5, 0.6) is 0 Å². The van der Waals surface area contributed by atoms with E-state index in [1.54, 1.807) is 0 Å². The lowest BCUT2D eigenvalue weighted by atomic mass is 9.81. The molecule has 10 aromatic rings. The molecule has 0 saturated carbocycles. The third-order valence-electron chi connectivity index (χ3n) is 13.9. The zero-order valence-electron chi connectivity index (χ0n) is 35.4. The number of fused-ring (bicyclic) bond motifs is 9. The summed E-state index contributed by atoms with van der Waals surface area (Å²) in [6, 6.07) is 73.6. The van der Waals surface area contributed by atoms with Gasteiger partial charge in [0.2, 0.25) is 0 Å². The van der Waals surface area contributed by atoms with Crippen LogP contribution in [0.2, 0.25) is 0 Å². The van der Waals surface area contributed by atoms with Crippen molar-refractivity contribution in [3.05, 3.63) is 222 Å². The van der Waals surface area contributed by atoms with Crippen LogP contribution in [0, 0.1) is 0 Å². The van der Waals surface area contributed by atoms with Crippen molar-refractivity contribution in [3.63, 3.8) is 0 Å². The number of para-hydroxylation sites is 1. The summed E-state index contributed by atoms with van der Waals surface area (Å²) in [5.74, 6) is 0. The third-order valence-corrected chi connectivity index (χ3v) is 13.9. The maximum absolute atomic E-state index is 6.26. The number of anilines is 3. The second-order valence-electron chi connectivity index (χ2n) is 18.1. The van der Waals surface area contributed by atoms with E-state index in [1.165, 1.54) is 66.8 Å². The molecular formula is C60H45NO. The molecule has 2 aliphatic rings. The molecule has 0 bridgehead atoms. The topological polar surface area (TPSA) is 16.4 Å². The zero-order chi connectivity index (χ0) is 41.7. The van der Waals surface area contributed by atoms with Gasteiger partial charge in [-0.2, -0.15) is 0 Å². The summed E-state index contributed by atoms with van der Waals surface area (Å²) >= 11 is 0. The Morgan fingerprint density at radius 2 is 0.677 bits per heavy atom. The highest BCUT2D eigenvalue weighted by Gasteiger charge is 2.36. The van der Waals surface area contributed by atoms with Gasteiger partial charge >= 0.3 is 0 Å². The van der Waals surface area contributed by atoms with Crippen molar-refractivity contribution in [2.45, 2.75) is 38.5 Å². The predicted octanol–water partition coefficient (Wildman–Crippen LogP) is 16.7. The van der Waals surface area contributed by atoms with Crippen molar-refractivity contribution in [1.29, 1.82) is 0 Å². The van der Waals surface area contributed by atoms with Gasteiger partial charge in [-0.05, 0) is 145 Å². The number of nitrogens with zero attached hydrogens (tertiary/aromatic N) is 1. The molecule has 12 rings (SSSR count). The highest BCUT2D eigenvalue weighted by molar-refractivity contribution is 6.06. The first kappa shape index (κ1) is 36.4. The van der Waals surface area contributed by atoms with Gasteiger partial charge in [-0.3, -0.25) is 0 Å². The number of rotatable bonds is 6. The second kappa shape index (κ2) is 13.5. The largest absolute Gasteiger partial charge is 0.456 e. The SMILES string of the molecule is CC1(C)c2ccccc2-c2ccc(-c3ccc(N(c4ccc(-c5ccc6c(c5)C(C)(C)c5ccccc5-6)cc4)c4ccc(-c5ccc6c(c5)oc5ccccc56)cc4)cc3)cc21. The maximum Gasteiger partial charge on any atom is 0.136 e. The Morgan fingerprint density at radius 3 is 1.18 bits per heavy atom. The molecule has 0 unspecified atom stereocenters. The van der Waals surface area contributed by atoms with E-state index in [2.05, 4.69) is 221 Å². The summed E-state index contributed by atoms with van der Waals surface area (Å²) in [4.78, 5) is 2.37. The smallest absolute Gasteiger partial charge is 0.136 e. The van der Waals surface area contributed by atoms with Gasteiger partial charge in [-0.25, -0.2) is 0 Å². The van der Waals surface area contributed by atoms with Crippen LogP contribution in [-0.4, -0.2) is 0 Å². The Balaban J connectivity index is 0.905. The van der Waals surface area contributed by atoms with Crippen molar-refractivity contribution < 1.29 is 4.42 Å². The van der Waals surface area contributed by atoms with Crippen molar-refractivity contribution in [2.24, 2.45) is 0 Å². The first-order valence-electron chi connectivity index (χ1n) is 21.7. The molecular weight excluding hydrogens is 751 g/mol. The molecule has 2 nitrogen and oxygen atoms in total. The van der Waals surface area contributed by atoms with Gasteiger partial charge < -0.3 is 9.32 Å². The Morgan fingerprint density at radius 1 is 0.306 bits per heavy atom. The number of hydrogen-bond donors (Lipinski definition) is 0. The lowest BCUT2D eigenvalue weighted by Crippen LogP contribution is -2.14. The molecule has 0 amide bonds. The molecule has 1 heterocycles. The fraction of sp³-hybridized carbons (Fsp3) is 0.100. The molecule has 62 heavy (non-hydrogen) atoms. The van der Waals surface area contributed by atoms with Gasteiger partial charge in [0.05, 0.1) is 0 Å². The quantitative estimate of drug-likeness (QED) is 0.167. The van der Waals surface area contributed by atoms with Crippen LogP contribution in [-0.2, 0) is 10.8 Å². The Labute approximate surface area is 363 Å². The third kappa shape index (κ3) is 5.56. The van der Waals surface area contributed by atoms with Gasteiger partial charge in [-0.15, -0.1) is 0 Å². The minimum atomic E-state index is -0.0458. The molecule has 1 aromatic heterocycles. The van der Waals surface area contributed by atoms with Crippen molar-refractivity contribution >= 4 is 39.0 Å². The van der Waals surface area contributed by atoms with E-state index in [9.17, 15) is 0 Å². The summed E-state index contributed by atoms with van der Waals surface area (Å²) < 4.78 is 6.26. The van der Waals surface area contributed by atoms with Gasteiger partial charge in [0.15, 0.2) is 0 Å². The molecule has 0 aliphatic heterocycles. The lowest BCUT2D eigenvalue weighted by molar-refractivity contribution is 0.660. The standard InChI is InChI=1S/C60H45NO/c1-59(2)53-14-8-5-11-47(53)49-32-23-41(35-55(49)59)38-17-26-44(27-18-38)61(46-30-21-40(22-31-46)43-25-34-52-51-13-7-10-16-57(51)62-58(52)37-43)45-28-19-39(20-29-45)42-24-33-50-48-12-6-9-15-54(48)60(3,4)56(50)36-42/h5-37H,1-4H3. The fourth-order valence-corrected chi connectivity index (χ4v) is 10.5. The van der Waals surface area contributed by atoms with Crippen LogP contribution >= 0.6 is 0 Å². The summed E-state index contributed by atoms with van der Waals surface area (Å²) in [6.45, 7) is 9.39. The zero-order valence-corrected chi connectivity index (χ0v) is 35.4. The van der Waals surface area contributed by atoms with E-state index < -0.39 is 0 Å². The van der Waals surface area contributed by atoms with Crippen molar-refractivity contribution in [2.75, 3.05) is 4.90 Å². The fourth-order valence-electron chi connectivity index (χ4n) is 10.5. The summed E-state index contributed by atoms with van der Waals surface area (Å²) in [5.41, 5.74) is 23.1. The van der Waals surface area contributed by atoms with E-state index in [-0.39, 0.29) is 10.8 Å². The second-order valence-corrected chi connectivity index (χ2v) is 18.1. The minimum absolute atomic E-state index is 0.0458. The highest BCUT2D eigenvalue weighted by Crippen LogP contribution is 2.51. The Kier molecular flexibility index (Phi) is 7.96. The monoisotopic (exact) mass is 795 g/mol. The summed E-state index contributed by atoms with van der Waals surface area (Å²) in [5, 5.41) is 2.29. The van der Waals surface area contributed by atoms with Gasteiger partial charge in [-0.1, -0.05) is 161 Å². The van der Waals surface area contributed by atoms with E-state index in [0.717, 1.165) is 50.1 Å². The molecule has 0 saturated heterocycles. The average Bonchev–Trinajstić information content (AvgIpc) is 3.89. The molecule has 0 radical (unpaired) electrons. The molecule has 0 atom stereocenters. The minimum Gasteiger partial charge on any atom is -0.456 e. The van der Waals surface area contributed by atoms with Crippen LogP contribution in [0.4, 0.5) is 17.1 Å². The molecule has 2 heteroatoms. The van der Waals surface area contributed by atoms with Crippen LogP contribution in [0.3, 0.4) is 0 Å². The van der Waals surface area contributed by atoms with Gasteiger partial charge in [0.25, 0.3) is 0 Å². The van der Waals surface area contributed by atoms with E-state index in [0.29, 0.717) is 0 Å². The van der Waals surface area contributed by atoms with E-state index >= 15 is 0 Å². The predicted molar refractivity (Wildman–Crippen MR) is 260 cm³/mol. The van der Waals surface area contributed by atoms with E-state index in [1.807, 2.05) is 12.1 Å². The Bertz CT molecular complexity index is 3230. The Hall–Kier alpha value is -7.42. The summed E-state index contributed by atoms with van der Waals surface area (Å²) in [7, 11) is 0. The van der Waals surface area contributed by atoms with Gasteiger partial charge in [0.1, 0.15) is 11.2 Å². The first-order valence-corrected chi connectivity index (χ1v) is 21.7. The maximum atomic E-state index is 6.26. The first-order chi connectivity index (χ1) is 30.2. The van der Waals surface area contributed by atoms with Crippen LogP contribution in [0.1, 0.15) is 49.9 Å². The van der Waals surface area contributed by atoms with Crippen LogP contribution in [0.25, 0.3) is 77.6 Å². The molecule has 296 valence electrons. The number of benzene rings is 9. The molecule has 0 spiro atoms.